The lowest BCUT2D eigenvalue weighted by Crippen LogP contribution is -2.45. The van der Waals surface area contributed by atoms with E-state index in [2.05, 4.69) is 36.9 Å². The van der Waals surface area contributed by atoms with Crippen LogP contribution in [0.1, 0.15) is 10.5 Å². The normalized spacial score (nSPS) is 10.6. The van der Waals surface area contributed by atoms with E-state index in [-0.39, 0.29) is 16.5 Å². The van der Waals surface area contributed by atoms with Gasteiger partial charge in [-0.3, -0.25) is 35.1 Å². The van der Waals surface area contributed by atoms with Crippen molar-refractivity contribution in [1.82, 2.24) is 25.6 Å². The zero-order valence-electron chi connectivity index (χ0n) is 12.6. The molecule has 4 N–H and O–H groups in total. The van der Waals surface area contributed by atoms with E-state index in [0.29, 0.717) is 4.47 Å². The summed E-state index contributed by atoms with van der Waals surface area (Å²) in [6.07, 6.45) is 1.57. The topological polar surface area (TPSA) is 129 Å². The molecule has 0 saturated heterocycles. The minimum atomic E-state index is -0.674. The number of aromatic amines is 2. The molecule has 2 aromatic heterocycles. The summed E-state index contributed by atoms with van der Waals surface area (Å²) in [4.78, 5) is 50.7. The first-order valence-corrected chi connectivity index (χ1v) is 7.90. The number of carbonyl (C=O) groups is 2. The second-order valence-electron chi connectivity index (χ2n) is 5.11. The van der Waals surface area contributed by atoms with Gasteiger partial charge in [0.05, 0.1) is 10.8 Å². The molecule has 10 heteroatoms. The van der Waals surface area contributed by atoms with Gasteiger partial charge in [0.2, 0.25) is 0 Å². The summed E-state index contributed by atoms with van der Waals surface area (Å²) < 4.78 is 1.57. The van der Waals surface area contributed by atoms with Gasteiger partial charge in [0.15, 0.2) is 0 Å². The van der Waals surface area contributed by atoms with Gasteiger partial charge in [-0.1, -0.05) is 12.1 Å². The van der Waals surface area contributed by atoms with Gasteiger partial charge < -0.3 is 4.98 Å². The highest BCUT2D eigenvalue weighted by molar-refractivity contribution is 9.10. The van der Waals surface area contributed by atoms with Crippen LogP contribution in [0.15, 0.2) is 50.6 Å². The molecular formula is C15H12BrN5O4. The molecule has 3 aromatic rings. The Labute approximate surface area is 148 Å². The van der Waals surface area contributed by atoms with Crippen molar-refractivity contribution < 1.29 is 9.59 Å². The van der Waals surface area contributed by atoms with Crippen LogP contribution in [0.3, 0.4) is 0 Å². The van der Waals surface area contributed by atoms with Crippen LogP contribution in [0.25, 0.3) is 10.8 Å². The fourth-order valence-corrected chi connectivity index (χ4v) is 2.58. The molecule has 0 unspecified atom stereocenters. The third-order valence-electron chi connectivity index (χ3n) is 3.39. The van der Waals surface area contributed by atoms with Crippen molar-refractivity contribution in [3.05, 3.63) is 67.4 Å². The smallest absolute Gasteiger partial charge is 0.286 e. The van der Waals surface area contributed by atoms with E-state index in [9.17, 15) is 19.2 Å². The van der Waals surface area contributed by atoms with E-state index in [0.717, 1.165) is 4.68 Å². The molecule has 0 radical (unpaired) electrons. The lowest BCUT2D eigenvalue weighted by molar-refractivity contribution is -0.122. The van der Waals surface area contributed by atoms with Crippen LogP contribution in [0.2, 0.25) is 0 Å². The van der Waals surface area contributed by atoms with Crippen LogP contribution in [-0.2, 0) is 11.3 Å². The summed E-state index contributed by atoms with van der Waals surface area (Å²) in [5, 5.41) is 2.79. The molecule has 0 aliphatic rings. The highest BCUT2D eigenvalue weighted by atomic mass is 79.9. The first kappa shape index (κ1) is 16.7. The Balaban J connectivity index is 1.72. The van der Waals surface area contributed by atoms with E-state index in [4.69, 9.17) is 0 Å². The van der Waals surface area contributed by atoms with Crippen molar-refractivity contribution in [3.63, 3.8) is 0 Å². The minimum absolute atomic E-state index is 0.208. The van der Waals surface area contributed by atoms with Crippen LogP contribution in [0, 0.1) is 0 Å². The zero-order chi connectivity index (χ0) is 18.0. The van der Waals surface area contributed by atoms with E-state index in [1.165, 1.54) is 18.2 Å². The molecule has 25 heavy (non-hydrogen) atoms. The van der Waals surface area contributed by atoms with Gasteiger partial charge in [0.1, 0.15) is 12.2 Å². The summed E-state index contributed by atoms with van der Waals surface area (Å²) in [6.45, 7) is -0.451. The molecule has 2 amide bonds. The Morgan fingerprint density at radius 1 is 1.12 bits per heavy atom. The second kappa shape index (κ2) is 6.77. The molecule has 0 bridgehead atoms. The maximum Gasteiger partial charge on any atom is 0.286 e. The van der Waals surface area contributed by atoms with Gasteiger partial charge in [-0.15, -0.1) is 0 Å². The summed E-state index contributed by atoms with van der Waals surface area (Å²) in [7, 11) is 0. The molecule has 0 aliphatic carbocycles. The number of nitrogens with one attached hydrogen (secondary N) is 4. The van der Waals surface area contributed by atoms with Crippen molar-refractivity contribution in [2.45, 2.75) is 6.54 Å². The van der Waals surface area contributed by atoms with Gasteiger partial charge in [-0.05, 0) is 34.1 Å². The van der Waals surface area contributed by atoms with Crippen molar-refractivity contribution in [2.75, 3.05) is 0 Å². The van der Waals surface area contributed by atoms with Crippen molar-refractivity contribution in [3.8, 4) is 0 Å². The lowest BCUT2D eigenvalue weighted by Gasteiger charge is -2.09. The summed E-state index contributed by atoms with van der Waals surface area (Å²) in [5.41, 5.74) is 3.63. The van der Waals surface area contributed by atoms with Gasteiger partial charge in [-0.2, -0.15) is 0 Å². The van der Waals surface area contributed by atoms with E-state index in [1.807, 2.05) is 0 Å². The average Bonchev–Trinajstić information content (AvgIpc) is 3.04. The fraction of sp³-hybridized carbons (Fsp3) is 0.0667. The molecule has 2 heterocycles. The van der Waals surface area contributed by atoms with E-state index >= 15 is 0 Å². The Kier molecular flexibility index (Phi) is 4.52. The highest BCUT2D eigenvalue weighted by Gasteiger charge is 2.12. The number of hydrogen-bond acceptors (Lipinski definition) is 4. The summed E-state index contributed by atoms with van der Waals surface area (Å²) >= 11 is 3.19. The summed E-state index contributed by atoms with van der Waals surface area (Å²) in [5.74, 6) is -1.23. The molecule has 0 saturated carbocycles. The van der Waals surface area contributed by atoms with Crippen LogP contribution < -0.4 is 22.0 Å². The maximum absolute atomic E-state index is 12.3. The molecule has 0 fully saturated rings. The fourth-order valence-electron chi connectivity index (χ4n) is 2.23. The molecule has 0 aliphatic heterocycles. The largest absolute Gasteiger partial charge is 0.356 e. The number of amides is 2. The number of rotatable bonds is 3. The number of benzene rings is 1. The number of fused-ring (bicyclic) bond motifs is 1. The van der Waals surface area contributed by atoms with Gasteiger partial charge in [0.25, 0.3) is 22.9 Å². The predicted octanol–water partition coefficient (Wildman–Crippen LogP) is 0.242. The number of carbonyl (C=O) groups excluding carboxylic acids is 2. The SMILES string of the molecule is O=C(Cn1[nH]c(=O)c2ccccc2c1=O)NNC(=O)c1cc(Br)c[nH]1. The minimum Gasteiger partial charge on any atom is -0.356 e. The highest BCUT2D eigenvalue weighted by Crippen LogP contribution is 2.09. The van der Waals surface area contributed by atoms with Gasteiger partial charge in [0, 0.05) is 10.7 Å². The Morgan fingerprint density at radius 2 is 1.84 bits per heavy atom. The number of H-pyrrole nitrogens is 2. The van der Waals surface area contributed by atoms with Crippen LogP contribution in [-0.4, -0.2) is 26.6 Å². The molecule has 128 valence electrons. The number of aromatic nitrogens is 3. The first-order valence-electron chi connectivity index (χ1n) is 7.10. The quantitative estimate of drug-likeness (QED) is 0.465. The molecule has 3 rings (SSSR count). The summed E-state index contributed by atoms with van der Waals surface area (Å²) in [6, 6.07) is 7.83. The predicted molar refractivity (Wildman–Crippen MR) is 92.9 cm³/mol. The average molecular weight is 406 g/mol. The monoisotopic (exact) mass is 405 g/mol. The Bertz CT molecular complexity index is 1080. The molecular weight excluding hydrogens is 394 g/mol. The standard InChI is InChI=1S/C15H12BrN5O4/c16-8-5-11(17-6-8)14(24)19-18-12(22)7-21-15(25)10-4-2-1-3-9(10)13(23)20-21/h1-6,17H,7H2,(H,18,22)(H,19,24)(H,20,23). The number of nitrogens with zero attached hydrogens (tertiary/aromatic N) is 1. The molecule has 1 aromatic carbocycles. The van der Waals surface area contributed by atoms with Crippen molar-refractivity contribution >= 4 is 38.5 Å². The maximum atomic E-state index is 12.3. The third-order valence-corrected chi connectivity index (χ3v) is 3.85. The first-order chi connectivity index (χ1) is 12.0. The number of halogens is 1. The van der Waals surface area contributed by atoms with Gasteiger partial charge >= 0.3 is 0 Å². The van der Waals surface area contributed by atoms with Crippen LogP contribution >= 0.6 is 15.9 Å². The number of hydrogen-bond donors (Lipinski definition) is 4. The van der Waals surface area contributed by atoms with Gasteiger partial charge in [-0.25, -0.2) is 4.68 Å². The zero-order valence-corrected chi connectivity index (χ0v) is 14.2. The van der Waals surface area contributed by atoms with E-state index < -0.39 is 29.5 Å². The van der Waals surface area contributed by atoms with Crippen molar-refractivity contribution in [2.24, 2.45) is 0 Å². The molecule has 0 spiro atoms. The third kappa shape index (κ3) is 3.53. The van der Waals surface area contributed by atoms with Crippen molar-refractivity contribution in [1.29, 1.82) is 0 Å². The molecule has 9 nitrogen and oxygen atoms in total. The van der Waals surface area contributed by atoms with Crippen LogP contribution in [0.5, 0.6) is 0 Å². The molecule has 0 atom stereocenters. The second-order valence-corrected chi connectivity index (χ2v) is 6.03. The Morgan fingerprint density at radius 3 is 2.52 bits per heavy atom. The number of hydrazine groups is 1. The van der Waals surface area contributed by atoms with Crippen LogP contribution in [0.4, 0.5) is 0 Å². The Hall–Kier alpha value is -3.14. The lowest BCUT2D eigenvalue weighted by atomic mass is 10.2. The van der Waals surface area contributed by atoms with E-state index in [1.54, 1.807) is 18.3 Å².